The number of nitrogens with zero attached hydrogens (tertiary/aromatic N) is 2. The summed E-state index contributed by atoms with van der Waals surface area (Å²) in [5.41, 5.74) is 3.36. The number of halogens is 2. The minimum atomic E-state index is -1.58. The molecule has 0 unspecified atom stereocenters. The van der Waals surface area contributed by atoms with Gasteiger partial charge in [-0.05, 0) is 72.4 Å². The molecule has 0 spiro atoms. The van der Waals surface area contributed by atoms with E-state index in [1.54, 1.807) is 60.7 Å². The molecule has 2 aliphatic heterocycles. The number of benzene rings is 3. The molecule has 2 heterocycles. The molecule has 3 aromatic rings. The average Bonchev–Trinajstić information content (AvgIpc) is 3.54. The number of ether oxygens (including phenoxy) is 3. The molecule has 1 saturated carbocycles. The second-order valence-electron chi connectivity index (χ2n) is 13.9. The number of aromatic hydroxyl groups is 1. The van der Waals surface area contributed by atoms with Crippen molar-refractivity contribution in [2.75, 3.05) is 33.3 Å². The van der Waals surface area contributed by atoms with Crippen LogP contribution in [0.5, 0.6) is 23.0 Å². The van der Waals surface area contributed by atoms with Gasteiger partial charge in [-0.2, -0.15) is 5.01 Å². The van der Waals surface area contributed by atoms with E-state index in [-0.39, 0.29) is 47.3 Å². The van der Waals surface area contributed by atoms with Crippen LogP contribution in [0.25, 0.3) is 6.08 Å². The van der Waals surface area contributed by atoms with E-state index in [9.17, 15) is 29.4 Å². The summed E-state index contributed by atoms with van der Waals surface area (Å²) in [6, 6.07) is 14.7. The van der Waals surface area contributed by atoms with Crippen molar-refractivity contribution in [1.82, 2.24) is 9.91 Å². The number of phenolic OH excluding ortho intramolecular Hbond substituents is 1. The standard InChI is InChI=1S/C40H37Cl2N3O10/c1-53-23-8-5-21(6-9-23)40-27(12-4-20-16-31(54-2)35(48)32(17-20)55-3)24-10-11-25-34(38(51)44(36(25)49)15-14-33(46)47)26(24)19-28(40)37(50)45(39(40)52)43-30-13-7-22(41)18-29(30)42/h4-10,12-13,16-18,25-28,34,43,48H,11,14-15,19H2,1-3H3,(H,46,47)/t25-,26+,27-,28-,34-,40-/m0/s1. The van der Waals surface area contributed by atoms with Crippen molar-refractivity contribution in [3.05, 3.63) is 93.5 Å². The Labute approximate surface area is 326 Å². The molecule has 7 rings (SSSR count). The maximum absolute atomic E-state index is 15.3. The van der Waals surface area contributed by atoms with Crippen LogP contribution in [0.1, 0.15) is 30.4 Å². The number of hydrogen-bond donors (Lipinski definition) is 3. The van der Waals surface area contributed by atoms with E-state index in [0.29, 0.717) is 27.5 Å². The molecule has 13 nitrogen and oxygen atoms in total. The van der Waals surface area contributed by atoms with E-state index in [2.05, 4.69) is 5.43 Å². The number of carboxylic acid groups (broad SMARTS) is 1. The van der Waals surface area contributed by atoms with Gasteiger partial charge in [0.15, 0.2) is 11.5 Å². The Kier molecular flexibility index (Phi) is 10.0. The molecule has 15 heteroatoms. The van der Waals surface area contributed by atoms with E-state index in [1.807, 2.05) is 6.08 Å². The smallest absolute Gasteiger partial charge is 0.305 e. The van der Waals surface area contributed by atoms with Crippen LogP contribution in [0.4, 0.5) is 5.69 Å². The third kappa shape index (κ3) is 6.15. The summed E-state index contributed by atoms with van der Waals surface area (Å²) >= 11 is 12.7. The summed E-state index contributed by atoms with van der Waals surface area (Å²) in [5.74, 6) is -6.85. The Bertz CT molecular complexity index is 2150. The predicted molar refractivity (Wildman–Crippen MR) is 201 cm³/mol. The van der Waals surface area contributed by atoms with E-state index >= 15 is 4.79 Å². The number of likely N-dealkylation sites (tertiary alicyclic amines) is 1. The van der Waals surface area contributed by atoms with E-state index in [0.717, 1.165) is 9.91 Å². The molecule has 3 fully saturated rings. The number of allylic oxidation sites excluding steroid dienone is 3. The van der Waals surface area contributed by atoms with Gasteiger partial charge in [0.05, 0.1) is 61.6 Å². The number of methoxy groups -OCH3 is 3. The van der Waals surface area contributed by atoms with Crippen molar-refractivity contribution in [3.63, 3.8) is 0 Å². The fourth-order valence-electron chi connectivity index (χ4n) is 8.80. The number of aliphatic carboxylic acids is 1. The number of rotatable bonds is 11. The number of amides is 4. The van der Waals surface area contributed by atoms with Crippen molar-refractivity contribution in [3.8, 4) is 23.0 Å². The first kappa shape index (κ1) is 37.8. The molecular weight excluding hydrogens is 753 g/mol. The molecule has 4 aliphatic rings. The minimum Gasteiger partial charge on any atom is -0.502 e. The molecule has 286 valence electrons. The van der Waals surface area contributed by atoms with Crippen molar-refractivity contribution in [1.29, 1.82) is 0 Å². The minimum absolute atomic E-state index is 0.0348. The zero-order chi connectivity index (χ0) is 39.3. The van der Waals surface area contributed by atoms with Gasteiger partial charge in [-0.15, -0.1) is 0 Å². The van der Waals surface area contributed by atoms with Gasteiger partial charge in [-0.1, -0.05) is 59.1 Å². The first-order valence-electron chi connectivity index (χ1n) is 17.5. The highest BCUT2D eigenvalue weighted by molar-refractivity contribution is 6.36. The molecule has 55 heavy (non-hydrogen) atoms. The number of imide groups is 2. The molecule has 3 aromatic carbocycles. The first-order chi connectivity index (χ1) is 26.3. The van der Waals surface area contributed by atoms with Crippen LogP contribution >= 0.6 is 23.2 Å². The highest BCUT2D eigenvalue weighted by Gasteiger charge is 2.69. The van der Waals surface area contributed by atoms with Gasteiger partial charge in [0, 0.05) is 17.5 Å². The lowest BCUT2D eigenvalue weighted by atomic mass is 9.50. The van der Waals surface area contributed by atoms with Crippen LogP contribution in [-0.4, -0.2) is 77.6 Å². The average molecular weight is 791 g/mol. The largest absolute Gasteiger partial charge is 0.502 e. The van der Waals surface area contributed by atoms with E-state index < -0.39 is 71.0 Å². The van der Waals surface area contributed by atoms with Crippen LogP contribution in [0.3, 0.4) is 0 Å². The number of nitrogens with one attached hydrogen (secondary N) is 1. The highest BCUT2D eigenvalue weighted by Crippen LogP contribution is 2.61. The first-order valence-corrected chi connectivity index (χ1v) is 18.3. The van der Waals surface area contributed by atoms with Gasteiger partial charge < -0.3 is 24.4 Å². The van der Waals surface area contributed by atoms with Crippen molar-refractivity contribution >= 4 is 64.6 Å². The van der Waals surface area contributed by atoms with Crippen LogP contribution in [0, 0.1) is 29.6 Å². The molecule has 6 atom stereocenters. The quantitative estimate of drug-likeness (QED) is 0.160. The number of fused-ring (bicyclic) bond motifs is 4. The Morgan fingerprint density at radius 1 is 0.927 bits per heavy atom. The van der Waals surface area contributed by atoms with Crippen LogP contribution in [0.2, 0.25) is 10.0 Å². The molecule has 4 amide bonds. The lowest BCUT2D eigenvalue weighted by molar-refractivity contribution is -0.143. The summed E-state index contributed by atoms with van der Waals surface area (Å²) < 4.78 is 16.2. The third-order valence-corrected chi connectivity index (χ3v) is 11.8. The van der Waals surface area contributed by atoms with Crippen molar-refractivity contribution in [2.45, 2.75) is 24.7 Å². The molecule has 2 saturated heterocycles. The van der Waals surface area contributed by atoms with Gasteiger partial charge in [0.1, 0.15) is 5.75 Å². The predicted octanol–water partition coefficient (Wildman–Crippen LogP) is 5.73. The number of carboxylic acids is 1. The molecular formula is C40H37Cl2N3O10. The number of phenols is 1. The molecule has 0 radical (unpaired) electrons. The highest BCUT2D eigenvalue weighted by atomic mass is 35.5. The zero-order valence-corrected chi connectivity index (χ0v) is 31.5. The maximum atomic E-state index is 15.3. The van der Waals surface area contributed by atoms with Crippen molar-refractivity contribution < 1.29 is 48.4 Å². The summed E-state index contributed by atoms with van der Waals surface area (Å²) in [5, 5.41) is 21.4. The molecule has 0 bridgehead atoms. The second kappa shape index (κ2) is 14.6. The SMILES string of the molecule is COc1ccc([C@@]23C(=O)N(Nc4ccc(Cl)cc4Cl)C(=O)[C@@H]2C[C@@H]2C(=CC[C@@H]4C(=O)N(CCC(=O)O)C(=O)[C@@H]42)[C@@H]3C=Cc2cc(OC)c(O)c(OC)c2)cc1. The Morgan fingerprint density at radius 3 is 2.24 bits per heavy atom. The van der Waals surface area contributed by atoms with Gasteiger partial charge >= 0.3 is 5.97 Å². The lowest BCUT2D eigenvalue weighted by Crippen LogP contribution is -2.54. The number of anilines is 1. The van der Waals surface area contributed by atoms with Crippen LogP contribution < -0.4 is 19.6 Å². The number of carbonyl (C=O) groups excluding carboxylic acids is 4. The molecule has 0 aromatic heterocycles. The monoisotopic (exact) mass is 789 g/mol. The van der Waals surface area contributed by atoms with Crippen LogP contribution in [0.15, 0.2) is 72.3 Å². The summed E-state index contributed by atoms with van der Waals surface area (Å²) in [7, 11) is 4.32. The Morgan fingerprint density at radius 2 is 1.62 bits per heavy atom. The topological polar surface area (TPSA) is 172 Å². The number of hydrazine groups is 1. The van der Waals surface area contributed by atoms with E-state index in [1.165, 1.54) is 27.4 Å². The Hall–Kier alpha value is -5.53. The van der Waals surface area contributed by atoms with Crippen molar-refractivity contribution in [2.24, 2.45) is 29.6 Å². The number of hydrogen-bond acceptors (Lipinski definition) is 10. The van der Waals surface area contributed by atoms with Gasteiger partial charge in [-0.25, -0.2) is 0 Å². The Balaban J connectivity index is 1.42. The lowest BCUT2D eigenvalue weighted by Gasteiger charge is -2.49. The normalized spacial score (nSPS) is 25.8. The zero-order valence-electron chi connectivity index (χ0n) is 30.0. The molecule has 3 N–H and O–H groups in total. The van der Waals surface area contributed by atoms with Crippen LogP contribution in [-0.2, 0) is 29.4 Å². The summed E-state index contributed by atoms with van der Waals surface area (Å²) in [6.07, 6.45) is 5.22. The van der Waals surface area contributed by atoms with Gasteiger partial charge in [-0.3, -0.25) is 34.3 Å². The van der Waals surface area contributed by atoms with Gasteiger partial charge in [0.25, 0.3) is 11.8 Å². The third-order valence-electron chi connectivity index (χ3n) is 11.3. The second-order valence-corrected chi connectivity index (χ2v) is 14.7. The maximum Gasteiger partial charge on any atom is 0.305 e. The summed E-state index contributed by atoms with van der Waals surface area (Å²) in [4.78, 5) is 70.3. The van der Waals surface area contributed by atoms with E-state index in [4.69, 9.17) is 37.4 Å². The fourth-order valence-corrected chi connectivity index (χ4v) is 9.25. The summed E-state index contributed by atoms with van der Waals surface area (Å²) in [6.45, 7) is -0.272. The number of carbonyl (C=O) groups is 5. The molecule has 2 aliphatic carbocycles. The van der Waals surface area contributed by atoms with Gasteiger partial charge in [0.2, 0.25) is 17.6 Å². The fraction of sp³-hybridized carbons (Fsp3) is 0.325.